The van der Waals surface area contributed by atoms with Crippen molar-refractivity contribution in [1.82, 2.24) is 19.2 Å². The molecule has 0 bridgehead atoms. The van der Waals surface area contributed by atoms with Crippen molar-refractivity contribution in [3.63, 3.8) is 0 Å². The van der Waals surface area contributed by atoms with Gasteiger partial charge < -0.3 is 14.0 Å². The third-order valence-electron chi connectivity index (χ3n) is 4.00. The fourth-order valence-corrected chi connectivity index (χ4v) is 2.87. The highest BCUT2D eigenvalue weighted by Gasteiger charge is 2.21. The van der Waals surface area contributed by atoms with Gasteiger partial charge in [-0.2, -0.15) is 9.50 Å². The van der Waals surface area contributed by atoms with Crippen LogP contribution in [0.1, 0.15) is 45.6 Å². The molecule has 0 amide bonds. The highest BCUT2D eigenvalue weighted by molar-refractivity contribution is 5.70. The largest absolute Gasteiger partial charge is 0.459 e. The Hall–Kier alpha value is -2.48. The summed E-state index contributed by atoms with van der Waals surface area (Å²) in [5, 5.41) is 4.35. The van der Waals surface area contributed by atoms with Gasteiger partial charge in [0.1, 0.15) is 12.1 Å². The van der Waals surface area contributed by atoms with Gasteiger partial charge in [0.15, 0.2) is 5.82 Å². The van der Waals surface area contributed by atoms with E-state index < -0.39 is 5.60 Å². The van der Waals surface area contributed by atoms with Crippen LogP contribution in [0.2, 0.25) is 0 Å². The van der Waals surface area contributed by atoms with Crippen LogP contribution < -0.4 is 5.56 Å². The maximum Gasteiger partial charge on any atom is 0.326 e. The number of aryl methyl sites for hydroxylation is 1. The molecule has 26 heavy (non-hydrogen) atoms. The van der Waals surface area contributed by atoms with E-state index in [1.807, 2.05) is 33.8 Å². The molecule has 0 aromatic carbocycles. The molecule has 0 spiro atoms. The monoisotopic (exact) mass is 360 g/mol. The number of aromatic nitrogens is 4. The lowest BCUT2D eigenvalue weighted by molar-refractivity contribution is -0.155. The smallest absolute Gasteiger partial charge is 0.326 e. The van der Waals surface area contributed by atoms with Crippen molar-refractivity contribution in [3.8, 4) is 0 Å². The average Bonchev–Trinajstić information content (AvgIpc) is 3.02. The number of carbonyl (C=O) groups is 1. The Bertz CT molecular complexity index is 918. The van der Waals surface area contributed by atoms with Gasteiger partial charge in [-0.15, -0.1) is 5.10 Å². The van der Waals surface area contributed by atoms with E-state index in [1.165, 1.54) is 10.6 Å². The molecule has 2 aromatic heterocycles. The van der Waals surface area contributed by atoms with Gasteiger partial charge in [-0.1, -0.05) is 13.0 Å². The summed E-state index contributed by atoms with van der Waals surface area (Å²) in [7, 11) is 0. The Balaban J connectivity index is 2.06. The number of fused-ring (bicyclic) bond motifs is 1. The predicted octanol–water partition coefficient (Wildman–Crippen LogP) is 1.60. The molecule has 140 valence electrons. The molecule has 3 rings (SSSR count). The summed E-state index contributed by atoms with van der Waals surface area (Å²) in [4.78, 5) is 29.3. The molecule has 0 saturated heterocycles. The number of carbonyl (C=O) groups excluding carboxylic acids is 1. The van der Waals surface area contributed by atoms with Crippen LogP contribution in [0.3, 0.4) is 0 Å². The fourth-order valence-electron chi connectivity index (χ4n) is 2.87. The number of esters is 1. The van der Waals surface area contributed by atoms with Crippen LogP contribution in [0.25, 0.3) is 11.4 Å². The standard InChI is InChI=1S/C18H24N4O4/c1-5-13-10-14(23)22-17(21(13)11-15(24)26-18(2,3)4)19-16(20-22)12-6-8-25-9-7-12/h6,10H,5,7-9,11H2,1-4H3. The van der Waals surface area contributed by atoms with Crippen LogP contribution in [-0.4, -0.2) is 43.9 Å². The van der Waals surface area contributed by atoms with E-state index in [4.69, 9.17) is 9.47 Å². The van der Waals surface area contributed by atoms with Crippen LogP contribution >= 0.6 is 0 Å². The van der Waals surface area contributed by atoms with Gasteiger partial charge in [-0.3, -0.25) is 9.59 Å². The summed E-state index contributed by atoms with van der Waals surface area (Å²) in [5.41, 5.74) is 0.822. The highest BCUT2D eigenvalue weighted by Crippen LogP contribution is 2.19. The Kier molecular flexibility index (Phi) is 4.95. The van der Waals surface area contributed by atoms with Crippen LogP contribution in [-0.2, 0) is 27.2 Å². The quantitative estimate of drug-likeness (QED) is 0.770. The van der Waals surface area contributed by atoms with Crippen molar-refractivity contribution in [3.05, 3.63) is 34.0 Å². The van der Waals surface area contributed by atoms with Crippen molar-refractivity contribution in [1.29, 1.82) is 0 Å². The van der Waals surface area contributed by atoms with Gasteiger partial charge in [-0.05, 0) is 39.2 Å². The van der Waals surface area contributed by atoms with Crippen LogP contribution in [0, 0.1) is 0 Å². The van der Waals surface area contributed by atoms with Crippen LogP contribution in [0.4, 0.5) is 0 Å². The summed E-state index contributed by atoms with van der Waals surface area (Å²) in [6, 6.07) is 1.49. The van der Waals surface area contributed by atoms with E-state index in [0.717, 1.165) is 5.57 Å². The Labute approximate surface area is 151 Å². The zero-order valence-electron chi connectivity index (χ0n) is 15.6. The van der Waals surface area contributed by atoms with Crippen molar-refractivity contribution in [2.75, 3.05) is 13.2 Å². The van der Waals surface area contributed by atoms with Crippen molar-refractivity contribution in [2.24, 2.45) is 0 Å². The zero-order chi connectivity index (χ0) is 18.9. The number of ether oxygens (including phenoxy) is 2. The first-order valence-electron chi connectivity index (χ1n) is 8.77. The van der Waals surface area contributed by atoms with Gasteiger partial charge >= 0.3 is 5.97 Å². The van der Waals surface area contributed by atoms with Crippen LogP contribution in [0.15, 0.2) is 16.9 Å². The molecule has 8 nitrogen and oxygen atoms in total. The van der Waals surface area contributed by atoms with E-state index in [0.29, 0.717) is 43.4 Å². The lowest BCUT2D eigenvalue weighted by Crippen LogP contribution is -2.29. The van der Waals surface area contributed by atoms with Gasteiger partial charge in [0.25, 0.3) is 5.56 Å². The zero-order valence-corrected chi connectivity index (χ0v) is 15.6. The first-order chi connectivity index (χ1) is 12.3. The van der Waals surface area contributed by atoms with E-state index in [2.05, 4.69) is 10.1 Å². The van der Waals surface area contributed by atoms with Crippen molar-refractivity contribution < 1.29 is 14.3 Å². The summed E-state index contributed by atoms with van der Waals surface area (Å²) in [5.74, 6) is 0.465. The second kappa shape index (κ2) is 7.03. The highest BCUT2D eigenvalue weighted by atomic mass is 16.6. The molecule has 8 heteroatoms. The third-order valence-corrected chi connectivity index (χ3v) is 4.00. The molecule has 1 aliphatic heterocycles. The molecule has 0 N–H and O–H groups in total. The maximum absolute atomic E-state index is 12.4. The summed E-state index contributed by atoms with van der Waals surface area (Å²) >= 11 is 0. The lowest BCUT2D eigenvalue weighted by atomic mass is 10.1. The normalized spacial score (nSPS) is 15.2. The number of nitrogens with zero attached hydrogens (tertiary/aromatic N) is 4. The summed E-state index contributed by atoms with van der Waals surface area (Å²) < 4.78 is 13.7. The first-order valence-corrected chi connectivity index (χ1v) is 8.77. The SMILES string of the molecule is CCc1cc(=O)n2nc(C3=CCOCC3)nc2n1CC(=O)OC(C)(C)C. The Morgan fingerprint density at radius 1 is 1.38 bits per heavy atom. The second-order valence-corrected chi connectivity index (χ2v) is 7.20. The molecule has 2 aromatic rings. The second-order valence-electron chi connectivity index (χ2n) is 7.20. The molecule has 0 radical (unpaired) electrons. The molecule has 0 aliphatic carbocycles. The van der Waals surface area contributed by atoms with Crippen LogP contribution in [0.5, 0.6) is 0 Å². The van der Waals surface area contributed by atoms with Crippen molar-refractivity contribution >= 4 is 17.3 Å². The Morgan fingerprint density at radius 2 is 2.15 bits per heavy atom. The Morgan fingerprint density at radius 3 is 2.77 bits per heavy atom. The maximum atomic E-state index is 12.4. The third kappa shape index (κ3) is 3.85. The molecule has 1 aliphatic rings. The van der Waals surface area contributed by atoms with Gasteiger partial charge in [0, 0.05) is 11.8 Å². The van der Waals surface area contributed by atoms with E-state index in [9.17, 15) is 9.59 Å². The minimum absolute atomic E-state index is 0.0233. The van der Waals surface area contributed by atoms with Gasteiger partial charge in [0.2, 0.25) is 5.78 Å². The van der Waals surface area contributed by atoms with E-state index in [1.54, 1.807) is 4.57 Å². The van der Waals surface area contributed by atoms with E-state index >= 15 is 0 Å². The van der Waals surface area contributed by atoms with Crippen molar-refractivity contribution in [2.45, 2.75) is 52.7 Å². The molecule has 3 heterocycles. The molecular weight excluding hydrogens is 336 g/mol. The molecule has 0 atom stereocenters. The first kappa shape index (κ1) is 18.3. The fraction of sp³-hybridized carbons (Fsp3) is 0.556. The number of hydrogen-bond acceptors (Lipinski definition) is 6. The number of hydrogen-bond donors (Lipinski definition) is 0. The molecular formula is C18H24N4O4. The summed E-state index contributed by atoms with van der Waals surface area (Å²) in [6.07, 6.45) is 3.20. The average molecular weight is 360 g/mol. The minimum Gasteiger partial charge on any atom is -0.459 e. The molecule has 0 unspecified atom stereocenters. The minimum atomic E-state index is -0.579. The summed E-state index contributed by atoms with van der Waals surface area (Å²) in [6.45, 7) is 8.47. The number of rotatable bonds is 4. The van der Waals surface area contributed by atoms with Gasteiger partial charge in [-0.25, -0.2) is 0 Å². The topological polar surface area (TPSA) is 87.7 Å². The molecule has 0 fully saturated rings. The lowest BCUT2D eigenvalue weighted by Gasteiger charge is -2.20. The molecule has 0 saturated carbocycles. The predicted molar refractivity (Wildman–Crippen MR) is 95.9 cm³/mol. The van der Waals surface area contributed by atoms with Gasteiger partial charge in [0.05, 0.1) is 13.2 Å². The van der Waals surface area contributed by atoms with E-state index in [-0.39, 0.29) is 18.1 Å².